The minimum Gasteiger partial charge on any atom is -0.487 e. The van der Waals surface area contributed by atoms with Crippen molar-refractivity contribution in [2.75, 3.05) is 12.3 Å². The van der Waals surface area contributed by atoms with E-state index in [0.29, 0.717) is 16.8 Å². The number of hydrogen-bond acceptors (Lipinski definition) is 6. The Kier molecular flexibility index (Phi) is 7.17. The summed E-state index contributed by atoms with van der Waals surface area (Å²) in [6.07, 6.45) is -2.09. The van der Waals surface area contributed by atoms with Crippen molar-refractivity contribution < 1.29 is 27.0 Å². The fraction of sp³-hybridized carbons (Fsp3) is 0.136. The van der Waals surface area contributed by atoms with E-state index in [0.717, 1.165) is 18.2 Å². The molecule has 33 heavy (non-hydrogen) atoms. The van der Waals surface area contributed by atoms with Crippen LogP contribution in [0.25, 0.3) is 11.1 Å². The molecule has 172 valence electrons. The standard InChI is InChI=1S/C22H17ClF4N4O2/c1-30-9-12-6-15(14-7-13(2-3-18(14)24)33-22(25,26)27)21(8-17(12)23)32-11-20(29)16-10-31-5-4-19(16)28/h2-8,10,29H,1,9,11H2,(H2,28,31). The third kappa shape index (κ3) is 5.98. The Balaban J connectivity index is 2.02. The highest BCUT2D eigenvalue weighted by Gasteiger charge is 2.31. The van der Waals surface area contributed by atoms with E-state index in [1.54, 1.807) is 0 Å². The van der Waals surface area contributed by atoms with Gasteiger partial charge in [-0.2, -0.15) is 0 Å². The molecule has 0 saturated heterocycles. The average molecular weight is 481 g/mol. The molecule has 0 aliphatic heterocycles. The van der Waals surface area contributed by atoms with Gasteiger partial charge in [-0.1, -0.05) is 11.6 Å². The maximum Gasteiger partial charge on any atom is 0.573 e. The summed E-state index contributed by atoms with van der Waals surface area (Å²) in [6.45, 7) is 3.18. The number of ether oxygens (including phenoxy) is 2. The van der Waals surface area contributed by atoms with Crippen molar-refractivity contribution in [3.8, 4) is 22.6 Å². The highest BCUT2D eigenvalue weighted by Crippen LogP contribution is 2.39. The van der Waals surface area contributed by atoms with Crippen LogP contribution in [0, 0.1) is 11.2 Å². The number of nitrogens with zero attached hydrogens (tertiary/aromatic N) is 2. The third-order valence-electron chi connectivity index (χ3n) is 4.44. The number of nitrogens with two attached hydrogens (primary N) is 1. The van der Waals surface area contributed by atoms with Gasteiger partial charge >= 0.3 is 6.36 Å². The SMILES string of the molecule is C=NCc1cc(-c2cc(OC(F)(F)F)ccc2F)c(OCC(=N)c2cnccc2N)cc1Cl. The lowest BCUT2D eigenvalue weighted by atomic mass is 10.0. The van der Waals surface area contributed by atoms with Gasteiger partial charge in [-0.05, 0) is 48.7 Å². The molecule has 6 nitrogen and oxygen atoms in total. The summed E-state index contributed by atoms with van der Waals surface area (Å²) in [7, 11) is 0. The fourth-order valence-corrected chi connectivity index (χ4v) is 3.18. The van der Waals surface area contributed by atoms with Crippen molar-refractivity contribution in [2.45, 2.75) is 12.9 Å². The highest BCUT2D eigenvalue weighted by atomic mass is 35.5. The average Bonchev–Trinajstić information content (AvgIpc) is 2.74. The van der Waals surface area contributed by atoms with E-state index in [1.807, 2.05) is 0 Å². The van der Waals surface area contributed by atoms with Crippen LogP contribution in [0.15, 0.2) is 53.8 Å². The zero-order valence-corrected chi connectivity index (χ0v) is 17.7. The first kappa shape index (κ1) is 24.0. The Hall–Kier alpha value is -3.66. The first-order valence-electron chi connectivity index (χ1n) is 9.29. The summed E-state index contributed by atoms with van der Waals surface area (Å²) in [4.78, 5) is 7.66. The van der Waals surface area contributed by atoms with Crippen molar-refractivity contribution in [1.29, 1.82) is 5.41 Å². The number of rotatable bonds is 8. The lowest BCUT2D eigenvalue weighted by Crippen LogP contribution is -2.17. The Bertz CT molecular complexity index is 1200. The lowest BCUT2D eigenvalue weighted by molar-refractivity contribution is -0.274. The van der Waals surface area contributed by atoms with Gasteiger partial charge in [0.05, 0.1) is 12.3 Å². The number of benzene rings is 2. The summed E-state index contributed by atoms with van der Waals surface area (Å²) < 4.78 is 62.3. The van der Waals surface area contributed by atoms with E-state index in [1.165, 1.54) is 30.6 Å². The molecule has 3 rings (SSSR count). The molecule has 11 heteroatoms. The Morgan fingerprint density at radius 3 is 2.61 bits per heavy atom. The topological polar surface area (TPSA) is 93.6 Å². The van der Waals surface area contributed by atoms with Crippen LogP contribution in [0.2, 0.25) is 5.02 Å². The number of nitrogens with one attached hydrogen (secondary N) is 1. The zero-order chi connectivity index (χ0) is 24.2. The van der Waals surface area contributed by atoms with Crippen molar-refractivity contribution >= 4 is 29.7 Å². The molecule has 0 bridgehead atoms. The molecule has 0 spiro atoms. The van der Waals surface area contributed by atoms with Crippen LogP contribution in [0.1, 0.15) is 11.1 Å². The number of halogens is 5. The van der Waals surface area contributed by atoms with Crippen LogP contribution >= 0.6 is 11.6 Å². The van der Waals surface area contributed by atoms with Crippen LogP contribution in [-0.2, 0) is 6.54 Å². The number of aliphatic imine (C=N–C) groups is 1. The quantitative estimate of drug-likeness (QED) is 0.321. The van der Waals surface area contributed by atoms with Crippen molar-refractivity contribution in [1.82, 2.24) is 4.98 Å². The molecule has 3 aromatic rings. The minimum absolute atomic E-state index is 0.0193. The van der Waals surface area contributed by atoms with Crippen molar-refractivity contribution in [2.24, 2.45) is 4.99 Å². The van der Waals surface area contributed by atoms with Gasteiger partial charge in [0.25, 0.3) is 0 Å². The van der Waals surface area contributed by atoms with Crippen LogP contribution in [0.5, 0.6) is 11.5 Å². The van der Waals surface area contributed by atoms with Gasteiger partial charge in [0.15, 0.2) is 0 Å². The maximum atomic E-state index is 14.7. The molecule has 2 aromatic carbocycles. The second-order valence-electron chi connectivity index (χ2n) is 6.74. The molecule has 0 radical (unpaired) electrons. The van der Waals surface area contributed by atoms with Gasteiger partial charge in [0.1, 0.15) is 23.9 Å². The minimum atomic E-state index is -4.95. The van der Waals surface area contributed by atoms with Gasteiger partial charge in [-0.15, -0.1) is 13.2 Å². The van der Waals surface area contributed by atoms with E-state index in [4.69, 9.17) is 27.5 Å². The molecule has 0 amide bonds. The summed E-state index contributed by atoms with van der Waals surface area (Å²) in [5.41, 5.74) is 6.79. The normalized spacial score (nSPS) is 11.2. The highest BCUT2D eigenvalue weighted by molar-refractivity contribution is 6.31. The number of pyridine rings is 1. The van der Waals surface area contributed by atoms with Gasteiger partial charge in [0, 0.05) is 39.8 Å². The molecule has 0 atom stereocenters. The summed E-state index contributed by atoms with van der Waals surface area (Å²) in [5, 5.41) is 8.43. The first-order chi connectivity index (χ1) is 15.6. The summed E-state index contributed by atoms with van der Waals surface area (Å²) >= 11 is 6.26. The van der Waals surface area contributed by atoms with E-state index in [-0.39, 0.29) is 40.8 Å². The second kappa shape index (κ2) is 9.86. The van der Waals surface area contributed by atoms with Gasteiger partial charge in [-0.3, -0.25) is 9.98 Å². The van der Waals surface area contributed by atoms with Crippen molar-refractivity contribution in [3.63, 3.8) is 0 Å². The van der Waals surface area contributed by atoms with E-state index in [2.05, 4.69) is 21.4 Å². The van der Waals surface area contributed by atoms with Gasteiger partial charge < -0.3 is 20.6 Å². The second-order valence-corrected chi connectivity index (χ2v) is 7.15. The van der Waals surface area contributed by atoms with Crippen LogP contribution < -0.4 is 15.2 Å². The molecule has 0 unspecified atom stereocenters. The van der Waals surface area contributed by atoms with Crippen LogP contribution in [0.4, 0.5) is 23.2 Å². The number of nitrogen functional groups attached to an aromatic ring is 1. The van der Waals surface area contributed by atoms with Crippen LogP contribution in [0.3, 0.4) is 0 Å². The predicted octanol–water partition coefficient (Wildman–Crippen LogP) is 5.67. The summed E-state index contributed by atoms with van der Waals surface area (Å²) in [6, 6.07) is 6.92. The van der Waals surface area contributed by atoms with Crippen molar-refractivity contribution in [3.05, 3.63) is 70.8 Å². The largest absolute Gasteiger partial charge is 0.573 e. The van der Waals surface area contributed by atoms with E-state index >= 15 is 0 Å². The Labute approximate surface area is 191 Å². The molecule has 0 saturated carbocycles. The molecule has 0 aliphatic carbocycles. The number of aromatic nitrogens is 1. The van der Waals surface area contributed by atoms with Gasteiger partial charge in [-0.25, -0.2) is 4.39 Å². The predicted molar refractivity (Wildman–Crippen MR) is 118 cm³/mol. The Morgan fingerprint density at radius 2 is 1.94 bits per heavy atom. The molecule has 1 aromatic heterocycles. The lowest BCUT2D eigenvalue weighted by Gasteiger charge is -2.17. The molecular weight excluding hydrogens is 464 g/mol. The monoisotopic (exact) mass is 480 g/mol. The fourth-order valence-electron chi connectivity index (χ4n) is 2.96. The third-order valence-corrected chi connectivity index (χ3v) is 4.80. The zero-order valence-electron chi connectivity index (χ0n) is 16.9. The molecule has 0 aliphatic rings. The van der Waals surface area contributed by atoms with Crippen LogP contribution in [-0.4, -0.2) is 30.4 Å². The first-order valence-corrected chi connectivity index (χ1v) is 9.67. The van der Waals surface area contributed by atoms with E-state index in [9.17, 15) is 17.6 Å². The van der Waals surface area contributed by atoms with Gasteiger partial charge in [0.2, 0.25) is 0 Å². The maximum absolute atomic E-state index is 14.7. The summed E-state index contributed by atoms with van der Waals surface area (Å²) in [5.74, 6) is -1.40. The molecule has 3 N–H and O–H groups in total. The Morgan fingerprint density at radius 1 is 1.18 bits per heavy atom. The number of alkyl halides is 3. The molecule has 1 heterocycles. The molecular formula is C22H17ClF4N4O2. The number of hydrogen-bond donors (Lipinski definition) is 2. The molecule has 0 fully saturated rings. The van der Waals surface area contributed by atoms with E-state index < -0.39 is 17.9 Å². The smallest absolute Gasteiger partial charge is 0.487 e. The number of anilines is 1.